The highest BCUT2D eigenvalue weighted by Gasteiger charge is 2.34. The van der Waals surface area contributed by atoms with Crippen LogP contribution in [-0.2, 0) is 20.9 Å². The fourth-order valence-electron chi connectivity index (χ4n) is 4.17. The lowest BCUT2D eigenvalue weighted by molar-refractivity contribution is -0.142. The van der Waals surface area contributed by atoms with E-state index in [1.807, 2.05) is 58.9 Å². The molecule has 206 valence electrons. The van der Waals surface area contributed by atoms with Crippen molar-refractivity contribution < 1.29 is 23.8 Å². The summed E-state index contributed by atoms with van der Waals surface area (Å²) >= 11 is 0. The maximum absolute atomic E-state index is 13.9. The van der Waals surface area contributed by atoms with Crippen LogP contribution in [0.5, 0.6) is 11.5 Å². The van der Waals surface area contributed by atoms with Gasteiger partial charge in [0.15, 0.2) is 11.5 Å². The van der Waals surface area contributed by atoms with Gasteiger partial charge >= 0.3 is 0 Å². The molecule has 3 rings (SSSR count). The molecule has 0 aliphatic heterocycles. The van der Waals surface area contributed by atoms with E-state index in [1.165, 1.54) is 0 Å². The van der Waals surface area contributed by atoms with Crippen LogP contribution in [0.25, 0.3) is 11.0 Å². The molecule has 0 unspecified atom stereocenters. The highest BCUT2D eigenvalue weighted by Crippen LogP contribution is 2.33. The Labute approximate surface area is 224 Å². The summed E-state index contributed by atoms with van der Waals surface area (Å²) in [6.45, 7) is 11.3. The highest BCUT2D eigenvalue weighted by molar-refractivity contribution is 5.89. The van der Waals surface area contributed by atoms with Gasteiger partial charge in [-0.2, -0.15) is 0 Å². The number of nitrogens with zero attached hydrogens (tertiary/aromatic N) is 4. The van der Waals surface area contributed by atoms with E-state index in [-0.39, 0.29) is 18.4 Å². The van der Waals surface area contributed by atoms with Crippen LogP contribution in [0, 0.1) is 0 Å². The average molecular weight is 526 g/mol. The topological polar surface area (TPSA) is 108 Å². The minimum atomic E-state index is -0.914. The molecule has 2 aromatic carbocycles. The highest BCUT2D eigenvalue weighted by atomic mass is 16.5. The fourth-order valence-corrected chi connectivity index (χ4v) is 4.17. The van der Waals surface area contributed by atoms with E-state index < -0.39 is 11.6 Å². The van der Waals surface area contributed by atoms with Gasteiger partial charge in [-0.25, -0.2) is 4.68 Å². The third-order valence-electron chi connectivity index (χ3n) is 5.78. The van der Waals surface area contributed by atoms with Crippen molar-refractivity contribution in [1.29, 1.82) is 0 Å². The predicted octanol–water partition coefficient (Wildman–Crippen LogP) is 3.75. The summed E-state index contributed by atoms with van der Waals surface area (Å²) < 4.78 is 18.3. The van der Waals surface area contributed by atoms with E-state index in [2.05, 4.69) is 15.6 Å². The number of ether oxygens (including phenoxy) is 3. The van der Waals surface area contributed by atoms with Crippen molar-refractivity contribution in [2.45, 2.75) is 59.2 Å². The van der Waals surface area contributed by atoms with Gasteiger partial charge in [0.25, 0.3) is 0 Å². The number of nitrogens with one attached hydrogen (secondary N) is 1. The molecule has 1 N–H and O–H groups in total. The van der Waals surface area contributed by atoms with E-state index in [9.17, 15) is 9.59 Å². The molecule has 0 radical (unpaired) electrons. The maximum atomic E-state index is 13.9. The molecular weight excluding hydrogens is 486 g/mol. The number of rotatable bonds is 13. The van der Waals surface area contributed by atoms with Gasteiger partial charge in [0.2, 0.25) is 11.8 Å². The molecule has 1 atom stereocenters. The Bertz CT molecular complexity index is 1220. The van der Waals surface area contributed by atoms with E-state index >= 15 is 0 Å². The van der Waals surface area contributed by atoms with E-state index in [0.29, 0.717) is 55.4 Å². The van der Waals surface area contributed by atoms with Gasteiger partial charge in [0.1, 0.15) is 18.1 Å². The Morgan fingerprint density at radius 3 is 2.53 bits per heavy atom. The first kappa shape index (κ1) is 28.9. The van der Waals surface area contributed by atoms with E-state index in [4.69, 9.17) is 14.2 Å². The first-order valence-electron chi connectivity index (χ1n) is 13.0. The second-order valence-electron chi connectivity index (χ2n) is 9.86. The number of methoxy groups -OCH3 is 1. The van der Waals surface area contributed by atoms with Crippen molar-refractivity contribution >= 4 is 22.8 Å². The van der Waals surface area contributed by atoms with Gasteiger partial charge in [-0.3, -0.25) is 9.59 Å². The lowest BCUT2D eigenvalue weighted by Gasteiger charge is -2.34. The zero-order valence-corrected chi connectivity index (χ0v) is 23.2. The maximum Gasteiger partial charge on any atom is 0.247 e. The van der Waals surface area contributed by atoms with Crippen LogP contribution in [0.15, 0.2) is 42.5 Å². The van der Waals surface area contributed by atoms with E-state index in [1.54, 1.807) is 34.9 Å². The monoisotopic (exact) mass is 525 g/mol. The van der Waals surface area contributed by atoms with Crippen molar-refractivity contribution in [2.24, 2.45) is 0 Å². The molecule has 38 heavy (non-hydrogen) atoms. The number of benzene rings is 2. The van der Waals surface area contributed by atoms with Crippen molar-refractivity contribution in [3.8, 4) is 11.5 Å². The molecule has 1 aromatic heterocycles. The van der Waals surface area contributed by atoms with Gasteiger partial charge in [-0.15, -0.1) is 5.10 Å². The summed E-state index contributed by atoms with van der Waals surface area (Å²) in [5.41, 5.74) is 1.54. The third kappa shape index (κ3) is 7.44. The number of hydrogen-bond donors (Lipinski definition) is 1. The molecule has 3 aromatic rings. The van der Waals surface area contributed by atoms with Gasteiger partial charge < -0.3 is 24.4 Å². The Morgan fingerprint density at radius 1 is 1.08 bits per heavy atom. The van der Waals surface area contributed by atoms with E-state index in [0.717, 1.165) is 5.52 Å². The minimum absolute atomic E-state index is 0.0669. The number of fused-ring (bicyclic) bond motifs is 1. The SMILES string of the molecule is CCOCCCN(C(=O)Cn1nnc2ccccc21)[C@H](C(=O)NC(C)(C)C)c1ccc(OCC)c(OC)c1. The molecule has 2 amide bonds. The van der Waals surface area contributed by atoms with Crippen LogP contribution in [-0.4, -0.2) is 70.7 Å². The van der Waals surface area contributed by atoms with Crippen LogP contribution >= 0.6 is 0 Å². The Morgan fingerprint density at radius 2 is 1.84 bits per heavy atom. The Balaban J connectivity index is 2.03. The van der Waals surface area contributed by atoms with Crippen LogP contribution in [0.1, 0.15) is 52.6 Å². The Hall–Kier alpha value is -3.66. The number of carbonyl (C=O) groups excluding carboxylic acids is 2. The number of hydrogen-bond acceptors (Lipinski definition) is 7. The van der Waals surface area contributed by atoms with Crippen molar-refractivity contribution in [1.82, 2.24) is 25.2 Å². The Kier molecular flexibility index (Phi) is 10.1. The van der Waals surface area contributed by atoms with Crippen molar-refractivity contribution in [2.75, 3.05) is 33.5 Å². The first-order chi connectivity index (χ1) is 18.2. The molecule has 0 saturated carbocycles. The number of carbonyl (C=O) groups is 2. The molecular formula is C28H39N5O5. The molecule has 1 heterocycles. The molecule has 10 heteroatoms. The van der Waals surface area contributed by atoms with Crippen LogP contribution < -0.4 is 14.8 Å². The quantitative estimate of drug-likeness (QED) is 0.339. The molecule has 0 spiro atoms. The lowest BCUT2D eigenvalue weighted by atomic mass is 10.0. The molecule has 10 nitrogen and oxygen atoms in total. The zero-order chi connectivity index (χ0) is 27.7. The molecule has 0 aliphatic rings. The largest absolute Gasteiger partial charge is 0.493 e. The fraction of sp³-hybridized carbons (Fsp3) is 0.500. The normalized spacial score (nSPS) is 12.3. The molecule has 0 aliphatic carbocycles. The summed E-state index contributed by atoms with van der Waals surface area (Å²) in [6.07, 6.45) is 0.561. The van der Waals surface area contributed by atoms with Crippen LogP contribution in [0.4, 0.5) is 0 Å². The third-order valence-corrected chi connectivity index (χ3v) is 5.78. The first-order valence-corrected chi connectivity index (χ1v) is 13.0. The molecule has 0 fully saturated rings. The van der Waals surface area contributed by atoms with Gasteiger partial charge in [0, 0.05) is 25.3 Å². The van der Waals surface area contributed by atoms with Crippen molar-refractivity contribution in [3.63, 3.8) is 0 Å². The zero-order valence-electron chi connectivity index (χ0n) is 23.2. The number of amides is 2. The smallest absolute Gasteiger partial charge is 0.247 e. The summed E-state index contributed by atoms with van der Waals surface area (Å²) in [4.78, 5) is 29.3. The lowest BCUT2D eigenvalue weighted by Crippen LogP contribution is -2.50. The van der Waals surface area contributed by atoms with Gasteiger partial charge in [-0.05, 0) is 70.9 Å². The number of para-hydroxylation sites is 1. The summed E-state index contributed by atoms with van der Waals surface area (Å²) in [6, 6.07) is 11.9. The summed E-state index contributed by atoms with van der Waals surface area (Å²) in [5, 5.41) is 11.4. The second kappa shape index (κ2) is 13.2. The minimum Gasteiger partial charge on any atom is -0.493 e. The van der Waals surface area contributed by atoms with Crippen molar-refractivity contribution in [3.05, 3.63) is 48.0 Å². The predicted molar refractivity (Wildman–Crippen MR) is 145 cm³/mol. The molecule has 0 saturated heterocycles. The second-order valence-corrected chi connectivity index (χ2v) is 9.86. The molecule has 0 bridgehead atoms. The summed E-state index contributed by atoms with van der Waals surface area (Å²) in [5.74, 6) is 0.495. The summed E-state index contributed by atoms with van der Waals surface area (Å²) in [7, 11) is 1.55. The van der Waals surface area contributed by atoms with Gasteiger partial charge in [-0.1, -0.05) is 23.4 Å². The van der Waals surface area contributed by atoms with Crippen LogP contribution in [0.2, 0.25) is 0 Å². The number of aromatic nitrogens is 3. The standard InChI is InChI=1S/C28H39N5O5/c1-7-37-17-11-16-32(25(34)19-33-22-13-10-9-12-21(22)30-31-33)26(27(35)29-28(3,4)5)20-14-15-23(38-8-2)24(18-20)36-6/h9-10,12-15,18,26H,7-8,11,16-17,19H2,1-6H3,(H,29,35)/t26-/m0/s1. The average Bonchev–Trinajstić information content (AvgIpc) is 3.28. The van der Waals surface area contributed by atoms with Gasteiger partial charge in [0.05, 0.1) is 19.2 Å². The van der Waals surface area contributed by atoms with Crippen LogP contribution in [0.3, 0.4) is 0 Å².